The molecule has 0 aliphatic carbocycles. The van der Waals surface area contributed by atoms with Crippen LogP contribution in [0.5, 0.6) is 11.5 Å². The predicted octanol–water partition coefficient (Wildman–Crippen LogP) is 2.47. The first kappa shape index (κ1) is 19.0. The summed E-state index contributed by atoms with van der Waals surface area (Å²) in [6, 6.07) is 9.95. The molecule has 1 N–H and O–H groups in total. The van der Waals surface area contributed by atoms with Crippen molar-refractivity contribution in [3.05, 3.63) is 53.2 Å². The average Bonchev–Trinajstić information content (AvgIpc) is 3.15. The lowest BCUT2D eigenvalue weighted by Gasteiger charge is -2.27. The molecule has 0 saturated heterocycles. The van der Waals surface area contributed by atoms with E-state index >= 15 is 0 Å². The van der Waals surface area contributed by atoms with E-state index in [0.717, 1.165) is 22.2 Å². The fourth-order valence-corrected chi connectivity index (χ4v) is 5.40. The van der Waals surface area contributed by atoms with Crippen molar-refractivity contribution in [2.45, 2.75) is 17.9 Å². The average molecular weight is 428 g/mol. The van der Waals surface area contributed by atoms with E-state index in [4.69, 9.17) is 14.2 Å². The van der Waals surface area contributed by atoms with Gasteiger partial charge < -0.3 is 19.2 Å². The second kappa shape index (κ2) is 7.03. The molecule has 0 unspecified atom stereocenters. The fraction of sp³-hybridized carbons (Fsp3) is 0.286. The summed E-state index contributed by atoms with van der Waals surface area (Å²) < 4.78 is 43.9. The number of sulfonamides is 1. The lowest BCUT2D eigenvalue weighted by Crippen LogP contribution is -2.35. The highest BCUT2D eigenvalue weighted by molar-refractivity contribution is 7.89. The highest BCUT2D eigenvalue weighted by Crippen LogP contribution is 2.35. The molecule has 0 spiro atoms. The normalized spacial score (nSPS) is 16.3. The molecule has 3 aromatic rings. The van der Waals surface area contributed by atoms with Gasteiger partial charge >= 0.3 is 5.97 Å². The molecule has 8 nitrogen and oxygen atoms in total. The molecule has 0 amide bonds. The van der Waals surface area contributed by atoms with E-state index in [9.17, 15) is 13.2 Å². The van der Waals surface area contributed by atoms with Crippen LogP contribution < -0.4 is 9.47 Å². The zero-order valence-electron chi connectivity index (χ0n) is 16.3. The molecule has 2 aliphatic rings. The highest BCUT2D eigenvalue weighted by atomic mass is 32.2. The van der Waals surface area contributed by atoms with Crippen molar-refractivity contribution in [1.29, 1.82) is 0 Å². The lowest BCUT2D eigenvalue weighted by atomic mass is 10.0. The molecule has 3 heterocycles. The Morgan fingerprint density at radius 3 is 2.70 bits per heavy atom. The van der Waals surface area contributed by atoms with Crippen molar-refractivity contribution in [3.8, 4) is 11.5 Å². The molecule has 30 heavy (non-hydrogen) atoms. The first-order valence-electron chi connectivity index (χ1n) is 9.59. The third kappa shape index (κ3) is 3.01. The van der Waals surface area contributed by atoms with Crippen LogP contribution in [0.2, 0.25) is 0 Å². The van der Waals surface area contributed by atoms with Crippen LogP contribution in [0, 0.1) is 0 Å². The maximum Gasteiger partial charge on any atom is 0.337 e. The van der Waals surface area contributed by atoms with E-state index in [2.05, 4.69) is 4.98 Å². The molecule has 0 radical (unpaired) electrons. The molecule has 2 aromatic carbocycles. The number of hydrogen-bond donors (Lipinski definition) is 1. The second-order valence-corrected chi connectivity index (χ2v) is 9.17. The number of nitrogens with zero attached hydrogens (tertiary/aromatic N) is 1. The van der Waals surface area contributed by atoms with Gasteiger partial charge in [-0.3, -0.25) is 0 Å². The van der Waals surface area contributed by atoms with E-state index in [-0.39, 0.29) is 11.4 Å². The summed E-state index contributed by atoms with van der Waals surface area (Å²) >= 11 is 0. The zero-order chi connectivity index (χ0) is 20.9. The molecule has 9 heteroatoms. The molecule has 1 aromatic heterocycles. The largest absolute Gasteiger partial charge is 0.486 e. The zero-order valence-corrected chi connectivity index (χ0v) is 17.1. The van der Waals surface area contributed by atoms with Crippen LogP contribution >= 0.6 is 0 Å². The first-order chi connectivity index (χ1) is 14.5. The number of hydrogen-bond acceptors (Lipinski definition) is 6. The number of methoxy groups -OCH3 is 1. The number of rotatable bonds is 3. The first-order valence-corrected chi connectivity index (χ1v) is 11.0. The van der Waals surface area contributed by atoms with Crippen LogP contribution in [0.3, 0.4) is 0 Å². The standard InChI is InChI=1S/C21H20N2O6S/c1-27-21(24)13-2-4-17-15(10-13)16-12-23(7-6-18(16)22-17)30(25,26)14-3-5-19-20(11-14)29-9-8-28-19/h2-5,10-11,22H,6-9,12H2,1H3. The van der Waals surface area contributed by atoms with E-state index in [1.54, 1.807) is 24.3 Å². The van der Waals surface area contributed by atoms with Crippen molar-refractivity contribution >= 4 is 26.9 Å². The Morgan fingerprint density at radius 1 is 1.10 bits per heavy atom. The second-order valence-electron chi connectivity index (χ2n) is 7.23. The molecular weight excluding hydrogens is 408 g/mol. The topological polar surface area (TPSA) is 97.9 Å². The summed E-state index contributed by atoms with van der Waals surface area (Å²) in [5.41, 5.74) is 3.16. The molecular formula is C21H20N2O6S. The lowest BCUT2D eigenvalue weighted by molar-refractivity contribution is 0.0601. The summed E-state index contributed by atoms with van der Waals surface area (Å²) in [5, 5.41) is 0.829. The van der Waals surface area contributed by atoms with E-state index in [1.165, 1.54) is 17.5 Å². The number of fused-ring (bicyclic) bond motifs is 4. The van der Waals surface area contributed by atoms with Gasteiger partial charge in [0.05, 0.1) is 17.6 Å². The number of esters is 1. The van der Waals surface area contributed by atoms with E-state index in [1.807, 2.05) is 6.07 Å². The molecule has 2 aliphatic heterocycles. The van der Waals surface area contributed by atoms with E-state index in [0.29, 0.717) is 43.2 Å². The van der Waals surface area contributed by atoms with Crippen molar-refractivity contribution in [2.24, 2.45) is 0 Å². The summed E-state index contributed by atoms with van der Waals surface area (Å²) in [4.78, 5) is 15.4. The van der Waals surface area contributed by atoms with Gasteiger partial charge in [0.25, 0.3) is 0 Å². The van der Waals surface area contributed by atoms with Crippen molar-refractivity contribution in [2.75, 3.05) is 26.9 Å². The van der Waals surface area contributed by atoms with Crippen LogP contribution in [0.4, 0.5) is 0 Å². The Bertz CT molecular complexity index is 1260. The van der Waals surface area contributed by atoms with Crippen LogP contribution in [-0.2, 0) is 27.7 Å². The van der Waals surface area contributed by atoms with E-state index < -0.39 is 16.0 Å². The van der Waals surface area contributed by atoms with Crippen molar-refractivity contribution in [1.82, 2.24) is 9.29 Å². The number of benzene rings is 2. The van der Waals surface area contributed by atoms with Gasteiger partial charge in [-0.1, -0.05) is 0 Å². The van der Waals surface area contributed by atoms with Gasteiger partial charge in [0.2, 0.25) is 10.0 Å². The molecule has 0 bridgehead atoms. The maximum atomic E-state index is 13.3. The van der Waals surface area contributed by atoms with Gasteiger partial charge in [-0.05, 0) is 35.9 Å². The highest BCUT2D eigenvalue weighted by Gasteiger charge is 2.31. The van der Waals surface area contributed by atoms with Crippen molar-refractivity contribution in [3.63, 3.8) is 0 Å². The number of aromatic amines is 1. The quantitative estimate of drug-likeness (QED) is 0.644. The number of nitrogens with one attached hydrogen (secondary N) is 1. The summed E-state index contributed by atoms with van der Waals surface area (Å²) in [6.45, 7) is 1.42. The van der Waals surface area contributed by atoms with Gasteiger partial charge in [-0.2, -0.15) is 4.31 Å². The monoisotopic (exact) mass is 428 g/mol. The number of aromatic nitrogens is 1. The maximum absolute atomic E-state index is 13.3. The fourth-order valence-electron chi connectivity index (χ4n) is 3.97. The number of H-pyrrole nitrogens is 1. The van der Waals surface area contributed by atoms with Gasteiger partial charge in [0.1, 0.15) is 13.2 Å². The van der Waals surface area contributed by atoms with Crippen LogP contribution in [0.1, 0.15) is 21.6 Å². The third-order valence-corrected chi connectivity index (χ3v) is 7.35. The molecule has 0 saturated carbocycles. The molecule has 0 fully saturated rings. The molecule has 0 atom stereocenters. The number of carbonyl (C=O) groups is 1. The van der Waals surface area contributed by atoms with Gasteiger partial charge in [0, 0.05) is 42.2 Å². The number of carbonyl (C=O) groups excluding carboxylic acids is 1. The SMILES string of the molecule is COC(=O)c1ccc2[nH]c3c(c2c1)CN(S(=O)(=O)c1ccc2c(c1)OCCO2)CC3. The summed E-state index contributed by atoms with van der Waals surface area (Å²) in [5.74, 6) is 0.561. The van der Waals surface area contributed by atoms with Crippen LogP contribution in [0.25, 0.3) is 10.9 Å². The van der Waals surface area contributed by atoms with Gasteiger partial charge in [-0.25, -0.2) is 13.2 Å². The minimum absolute atomic E-state index is 0.172. The Kier molecular flexibility index (Phi) is 4.44. The summed E-state index contributed by atoms with van der Waals surface area (Å²) in [7, 11) is -2.39. The smallest absolute Gasteiger partial charge is 0.337 e. The number of ether oxygens (including phenoxy) is 3. The predicted molar refractivity (Wildman–Crippen MR) is 108 cm³/mol. The van der Waals surface area contributed by atoms with Crippen molar-refractivity contribution < 1.29 is 27.4 Å². The van der Waals surface area contributed by atoms with Gasteiger partial charge in [0.15, 0.2) is 11.5 Å². The Balaban J connectivity index is 1.50. The van der Waals surface area contributed by atoms with Crippen LogP contribution in [-0.4, -0.2) is 50.5 Å². The minimum Gasteiger partial charge on any atom is -0.486 e. The Labute approximate surface area is 173 Å². The van der Waals surface area contributed by atoms with Gasteiger partial charge in [-0.15, -0.1) is 0 Å². The summed E-state index contributed by atoms with van der Waals surface area (Å²) in [6.07, 6.45) is 0.557. The molecule has 5 rings (SSSR count). The molecule has 156 valence electrons. The Morgan fingerprint density at radius 2 is 1.90 bits per heavy atom. The third-order valence-electron chi connectivity index (χ3n) is 5.51. The minimum atomic E-state index is -3.72. The Hall–Kier alpha value is -3.04. The van der Waals surface area contributed by atoms with Crippen LogP contribution in [0.15, 0.2) is 41.3 Å².